The topological polar surface area (TPSA) is 26.3 Å². The van der Waals surface area contributed by atoms with Crippen molar-refractivity contribution >= 4 is 305 Å². The largest absolute Gasteiger partial charge is 0.468 e. The van der Waals surface area contributed by atoms with Crippen LogP contribution in [0.2, 0.25) is 25.7 Å². The predicted molar refractivity (Wildman–Crippen MR) is 299 cm³/mol. The molecule has 0 spiro atoms. The fourth-order valence-electron chi connectivity index (χ4n) is 24.9. The van der Waals surface area contributed by atoms with Gasteiger partial charge in [0.15, 0.2) is 0 Å². The first-order valence-corrected chi connectivity index (χ1v) is 30.0. The van der Waals surface area contributed by atoms with E-state index in [9.17, 15) is 0 Å². The SMILES string of the molecule is COC(=O)C12c3c4c5c6c7c8c(c9c%10c1c1c3c3c%11c4c4c5c5c7c7c%12c8c8c9c9c%10c%10c1c1c3c3c%11c%11c4c4c5c7c5c7c%12c8c8c9c9c%10c1c1c3c3c%11c4c5c4c7c8c9c1c34)C62CC[Si](C)(C)C. The summed E-state index contributed by atoms with van der Waals surface area (Å²) in [6.45, 7) is 7.80. The third kappa shape index (κ3) is 1.46. The summed E-state index contributed by atoms with van der Waals surface area (Å²) in [7, 11) is 0.0412. The summed E-state index contributed by atoms with van der Waals surface area (Å²) >= 11 is 0. The van der Waals surface area contributed by atoms with Gasteiger partial charge in [-0.15, -0.1) is 0 Å². The number of rotatable bonds is 4. The van der Waals surface area contributed by atoms with Crippen LogP contribution in [-0.2, 0) is 20.4 Å². The van der Waals surface area contributed by atoms with Crippen LogP contribution < -0.4 is 0 Å². The lowest BCUT2D eigenvalue weighted by Crippen LogP contribution is -2.57. The average Bonchev–Trinajstić information content (AvgIpc) is 4.32. The highest BCUT2D eigenvalue weighted by Gasteiger charge is 2.73. The molecule has 0 fully saturated rings. The molecule has 32 rings (SSSR count). The zero-order chi connectivity index (χ0) is 42.7. The first-order chi connectivity index (χ1) is 34.4. The zero-order valence-corrected chi connectivity index (χ0v) is 38.2. The number of carbonyl (C=O) groups is 1. The van der Waals surface area contributed by atoms with Crippen molar-refractivity contribution in [1.29, 1.82) is 0 Å². The second-order valence-electron chi connectivity index (χ2n) is 27.0. The van der Waals surface area contributed by atoms with Gasteiger partial charge in [-0.1, -0.05) is 25.7 Å². The average molecular weight is 881 g/mol. The number of ether oxygens (including phenoxy) is 1. The van der Waals surface area contributed by atoms with Crippen LogP contribution in [-0.4, -0.2) is 21.2 Å². The molecule has 3 heteroatoms. The fraction of sp³-hybridized carbons (Fsp3) is 0.119. The van der Waals surface area contributed by atoms with Gasteiger partial charge in [0.25, 0.3) is 0 Å². The molecule has 28 aromatic carbocycles. The van der Waals surface area contributed by atoms with E-state index in [2.05, 4.69) is 19.6 Å². The van der Waals surface area contributed by atoms with E-state index in [-0.39, 0.29) is 5.97 Å². The number of carbonyl (C=O) groups excluding carboxylic acids is 1. The lowest BCUT2D eigenvalue weighted by atomic mass is 9.47. The maximum absolute atomic E-state index is 17.1. The number of benzene rings is 18. The lowest BCUT2D eigenvalue weighted by molar-refractivity contribution is -0.148. The second kappa shape index (κ2) is 6.12. The Morgan fingerprint density at radius 1 is 0.286 bits per heavy atom. The quantitative estimate of drug-likeness (QED) is 0.100. The Morgan fingerprint density at radius 2 is 0.443 bits per heavy atom. The molecule has 0 heterocycles. The van der Waals surface area contributed by atoms with E-state index in [1.165, 1.54) is 54.2 Å². The van der Waals surface area contributed by atoms with Crippen molar-refractivity contribution < 1.29 is 9.53 Å². The number of hydrogen-bond acceptors (Lipinski definition) is 2. The monoisotopic (exact) mass is 880 g/mol. The van der Waals surface area contributed by atoms with Crippen LogP contribution in [0, 0.1) is 0 Å². The minimum absolute atomic E-state index is 0.0121. The maximum Gasteiger partial charge on any atom is 0.322 e. The van der Waals surface area contributed by atoms with Gasteiger partial charge in [0, 0.05) is 13.5 Å². The van der Waals surface area contributed by atoms with E-state index in [1.54, 1.807) is 266 Å². The normalized spacial score (nSPS) is 22.0. The third-order valence-corrected chi connectivity index (χ3v) is 27.0. The van der Waals surface area contributed by atoms with Crippen molar-refractivity contribution in [3.8, 4) is 0 Å². The highest BCUT2D eigenvalue weighted by molar-refractivity contribution is 6.82. The summed E-state index contributed by atoms with van der Waals surface area (Å²) < 4.78 is 6.77. The van der Waals surface area contributed by atoms with Crippen molar-refractivity contribution in [2.24, 2.45) is 0 Å². The van der Waals surface area contributed by atoms with Gasteiger partial charge in [-0.2, -0.15) is 0 Å². The third-order valence-electron chi connectivity index (χ3n) is 25.2. The Labute approximate surface area is 384 Å². The van der Waals surface area contributed by atoms with Gasteiger partial charge in [0.1, 0.15) is 5.41 Å². The van der Waals surface area contributed by atoms with Crippen LogP contribution in [0.15, 0.2) is 0 Å². The summed E-state index contributed by atoms with van der Waals surface area (Å²) in [6, 6.07) is 1.16. The van der Waals surface area contributed by atoms with Crippen molar-refractivity contribution in [3.63, 3.8) is 0 Å². The number of methoxy groups -OCH3 is 1. The van der Waals surface area contributed by atoms with E-state index in [0.29, 0.717) is 0 Å². The standard InChI is InChI=1S/C67H16O2Si/c1-69-65(68)67-63-57-51-41-29-21-13-9-7-8-11-15(13)23(29)33-27-19(11)20-12(8)16-14-10(7)18-17(9)25-31(21)39-45-35(25)36-26(18)32-22(14)30-24(16)34-28(20)38-37(27)49(43(33)51)59(63)60-50(38)44(34)52-42(30)48-40(32)46(36)54-53(45)61(55(57)47(39)41)66(67,5-6-70(2,3)4)62(54)56(48)58(52)64(60)67/h5-6H2,1-4H3. The van der Waals surface area contributed by atoms with Crippen LogP contribution in [0.4, 0.5) is 0 Å². The van der Waals surface area contributed by atoms with E-state index < -0.39 is 18.9 Å². The first kappa shape index (κ1) is 27.4. The minimum atomic E-state index is -1.72. The van der Waals surface area contributed by atoms with Crippen LogP contribution in [0.3, 0.4) is 0 Å². The molecule has 0 aromatic heterocycles. The van der Waals surface area contributed by atoms with Gasteiger partial charge in [-0.25, -0.2) is 0 Å². The molecule has 0 amide bonds. The van der Waals surface area contributed by atoms with E-state index >= 15 is 4.79 Å². The van der Waals surface area contributed by atoms with E-state index in [1.807, 2.05) is 0 Å². The van der Waals surface area contributed by atoms with E-state index in [4.69, 9.17) is 4.74 Å². The summed E-state index contributed by atoms with van der Waals surface area (Å²) in [5, 5.41) is 84.9. The maximum atomic E-state index is 17.1. The van der Waals surface area contributed by atoms with Gasteiger partial charge in [-0.3, -0.25) is 4.79 Å². The van der Waals surface area contributed by atoms with Gasteiger partial charge in [0.2, 0.25) is 0 Å². The van der Waals surface area contributed by atoms with Crippen molar-refractivity contribution in [2.75, 3.05) is 7.11 Å². The summed E-state index contributed by atoms with van der Waals surface area (Å²) in [5.41, 5.74) is 4.27. The van der Waals surface area contributed by atoms with Gasteiger partial charge < -0.3 is 4.74 Å². The van der Waals surface area contributed by atoms with Gasteiger partial charge in [-0.05, 0) is 320 Å². The first-order valence-electron chi connectivity index (χ1n) is 26.3. The molecule has 300 valence electrons. The smallest absolute Gasteiger partial charge is 0.322 e. The van der Waals surface area contributed by atoms with Crippen LogP contribution in [0.1, 0.15) is 28.7 Å². The van der Waals surface area contributed by atoms with Crippen LogP contribution in [0.25, 0.3) is 291 Å². The molecule has 28 aromatic rings. The molecule has 0 aliphatic heterocycles. The molecule has 0 unspecified atom stereocenters. The van der Waals surface area contributed by atoms with Crippen LogP contribution >= 0.6 is 0 Å². The van der Waals surface area contributed by atoms with Crippen LogP contribution in [0.5, 0.6) is 0 Å². The number of esters is 1. The molecule has 0 saturated heterocycles. The predicted octanol–water partition coefficient (Wildman–Crippen LogP) is 18.2. The van der Waals surface area contributed by atoms with Gasteiger partial charge >= 0.3 is 5.97 Å². The Balaban J connectivity index is 1.22. The van der Waals surface area contributed by atoms with Crippen molar-refractivity contribution in [2.45, 2.75) is 42.9 Å². The second-order valence-corrected chi connectivity index (χ2v) is 32.6. The minimum Gasteiger partial charge on any atom is -0.468 e. The zero-order valence-electron chi connectivity index (χ0n) is 37.2. The molecule has 0 atom stereocenters. The summed E-state index contributed by atoms with van der Waals surface area (Å²) in [5.74, 6) is 0.0121. The number of hydrogen-bond donors (Lipinski definition) is 0. The molecule has 0 N–H and O–H groups in total. The summed E-state index contributed by atoms with van der Waals surface area (Å²) in [6.07, 6.45) is 0.980. The fourth-order valence-corrected chi connectivity index (χ4v) is 26.1. The molecule has 4 aliphatic rings. The van der Waals surface area contributed by atoms with Gasteiger partial charge in [0.05, 0.1) is 7.11 Å². The molecule has 0 saturated carbocycles. The highest BCUT2D eigenvalue weighted by Crippen LogP contribution is 2.85. The molecule has 2 nitrogen and oxygen atoms in total. The molecule has 0 bridgehead atoms. The Hall–Kier alpha value is -7.85. The van der Waals surface area contributed by atoms with Crippen molar-refractivity contribution in [3.05, 3.63) is 22.3 Å². The molecule has 70 heavy (non-hydrogen) atoms. The Morgan fingerprint density at radius 3 is 0.600 bits per heavy atom. The Kier molecular flexibility index (Phi) is 2.39. The Bertz CT molecular complexity index is 6980. The molecular weight excluding hydrogens is 865 g/mol. The molecular formula is C67H16O2Si. The molecule has 0 radical (unpaired) electrons. The highest BCUT2D eigenvalue weighted by atomic mass is 28.3. The molecule has 4 aliphatic carbocycles. The van der Waals surface area contributed by atoms with Crippen molar-refractivity contribution in [1.82, 2.24) is 0 Å². The van der Waals surface area contributed by atoms with E-state index in [0.717, 1.165) is 12.5 Å². The lowest BCUT2D eigenvalue weighted by Gasteiger charge is -2.53. The summed E-state index contributed by atoms with van der Waals surface area (Å²) in [4.78, 5) is 17.1.